The Kier molecular flexibility index (Phi) is 1.97. The third-order valence-electron chi connectivity index (χ3n) is 7.17. The van der Waals surface area contributed by atoms with E-state index in [9.17, 15) is 9.90 Å². The summed E-state index contributed by atoms with van der Waals surface area (Å²) in [6, 6.07) is 0. The van der Waals surface area contributed by atoms with Crippen LogP contribution in [0.5, 0.6) is 0 Å². The standard InChI is InChI=1S/C16H22O2/c1-3-16(15(17)18)8(2)11-7-12(16)14-10-5-4-9(6-10)13(11)14/h4-5,8-14H,3,6-7H2,1-2H3,(H,17,18). The van der Waals surface area contributed by atoms with Crippen LogP contribution >= 0.6 is 0 Å². The van der Waals surface area contributed by atoms with Crippen LogP contribution < -0.4 is 0 Å². The molecule has 98 valence electrons. The van der Waals surface area contributed by atoms with Crippen LogP contribution in [0.3, 0.4) is 0 Å². The molecule has 0 aliphatic heterocycles. The molecule has 2 nitrogen and oxygen atoms in total. The zero-order valence-electron chi connectivity index (χ0n) is 11.2. The van der Waals surface area contributed by atoms with Crippen LogP contribution in [-0.2, 0) is 4.79 Å². The first-order valence-electron chi connectivity index (χ1n) is 7.53. The lowest BCUT2D eigenvalue weighted by atomic mass is 9.56. The van der Waals surface area contributed by atoms with Gasteiger partial charge in [0.05, 0.1) is 5.41 Å². The van der Waals surface area contributed by atoms with E-state index in [0.29, 0.717) is 29.6 Å². The van der Waals surface area contributed by atoms with Gasteiger partial charge in [-0.2, -0.15) is 0 Å². The quantitative estimate of drug-likeness (QED) is 0.600. The summed E-state index contributed by atoms with van der Waals surface area (Å²) in [5.41, 5.74) is -0.413. The molecular weight excluding hydrogens is 224 g/mol. The Morgan fingerprint density at radius 1 is 1.28 bits per heavy atom. The molecule has 0 saturated heterocycles. The summed E-state index contributed by atoms with van der Waals surface area (Å²) < 4.78 is 0. The van der Waals surface area contributed by atoms with Crippen molar-refractivity contribution >= 4 is 5.97 Å². The first kappa shape index (κ1) is 11.1. The van der Waals surface area contributed by atoms with E-state index in [-0.39, 0.29) is 0 Å². The minimum atomic E-state index is -0.518. The van der Waals surface area contributed by atoms with Crippen molar-refractivity contribution < 1.29 is 9.90 Å². The number of rotatable bonds is 2. The van der Waals surface area contributed by atoms with Crippen molar-refractivity contribution in [2.24, 2.45) is 46.8 Å². The number of aliphatic carboxylic acids is 1. The zero-order chi connectivity index (χ0) is 12.7. The number of carbonyl (C=O) groups is 1. The van der Waals surface area contributed by atoms with Crippen molar-refractivity contribution in [3.63, 3.8) is 0 Å². The van der Waals surface area contributed by atoms with E-state index in [1.54, 1.807) is 0 Å². The average Bonchev–Trinajstić information content (AvgIpc) is 3.05. The smallest absolute Gasteiger partial charge is 0.310 e. The van der Waals surface area contributed by atoms with Crippen molar-refractivity contribution in [1.29, 1.82) is 0 Å². The summed E-state index contributed by atoms with van der Waals surface area (Å²) in [7, 11) is 0. The lowest BCUT2D eigenvalue weighted by Gasteiger charge is -2.46. The van der Waals surface area contributed by atoms with Crippen LogP contribution in [0.2, 0.25) is 0 Å². The van der Waals surface area contributed by atoms with Crippen molar-refractivity contribution in [3.8, 4) is 0 Å². The Morgan fingerprint density at radius 2 is 1.94 bits per heavy atom. The molecule has 8 atom stereocenters. The van der Waals surface area contributed by atoms with E-state index in [1.165, 1.54) is 12.8 Å². The molecule has 0 radical (unpaired) electrons. The van der Waals surface area contributed by atoms with E-state index >= 15 is 0 Å². The minimum absolute atomic E-state index is 0.374. The van der Waals surface area contributed by atoms with Gasteiger partial charge < -0.3 is 5.11 Å². The van der Waals surface area contributed by atoms with E-state index < -0.39 is 11.4 Å². The lowest BCUT2D eigenvalue weighted by molar-refractivity contribution is -0.160. The molecule has 0 aromatic rings. The highest BCUT2D eigenvalue weighted by atomic mass is 16.4. The highest BCUT2D eigenvalue weighted by molar-refractivity contribution is 5.76. The van der Waals surface area contributed by atoms with E-state index in [1.807, 2.05) is 0 Å². The number of carboxylic acids is 1. The van der Waals surface area contributed by atoms with Gasteiger partial charge in [0.15, 0.2) is 0 Å². The third kappa shape index (κ3) is 0.938. The minimum Gasteiger partial charge on any atom is -0.481 e. The molecule has 2 heteroatoms. The summed E-state index contributed by atoms with van der Waals surface area (Å²) in [5.74, 6) is 3.97. The molecule has 4 rings (SSSR count). The number of carboxylic acid groups (broad SMARTS) is 1. The van der Waals surface area contributed by atoms with E-state index in [4.69, 9.17) is 0 Å². The van der Waals surface area contributed by atoms with Gasteiger partial charge in [-0.3, -0.25) is 4.79 Å². The first-order chi connectivity index (χ1) is 8.61. The van der Waals surface area contributed by atoms with Gasteiger partial charge >= 0.3 is 5.97 Å². The van der Waals surface area contributed by atoms with Crippen LogP contribution in [0.1, 0.15) is 33.1 Å². The average molecular weight is 246 g/mol. The summed E-state index contributed by atoms with van der Waals surface area (Å²) in [6.45, 7) is 4.30. The maximum atomic E-state index is 11.9. The Morgan fingerprint density at radius 3 is 2.56 bits per heavy atom. The maximum absolute atomic E-state index is 11.9. The van der Waals surface area contributed by atoms with Crippen LogP contribution in [0.15, 0.2) is 12.2 Å². The molecular formula is C16H22O2. The molecule has 4 aliphatic rings. The van der Waals surface area contributed by atoms with Crippen molar-refractivity contribution in [1.82, 2.24) is 0 Å². The van der Waals surface area contributed by atoms with Gasteiger partial charge in [0.1, 0.15) is 0 Å². The monoisotopic (exact) mass is 246 g/mol. The Hall–Kier alpha value is -0.790. The summed E-state index contributed by atoms with van der Waals surface area (Å²) >= 11 is 0. The van der Waals surface area contributed by atoms with E-state index in [0.717, 1.165) is 18.3 Å². The van der Waals surface area contributed by atoms with Crippen molar-refractivity contribution in [2.45, 2.75) is 33.1 Å². The zero-order valence-corrected chi connectivity index (χ0v) is 11.2. The molecule has 0 heterocycles. The van der Waals surface area contributed by atoms with Crippen LogP contribution in [0.25, 0.3) is 0 Å². The fourth-order valence-corrected chi connectivity index (χ4v) is 6.58. The van der Waals surface area contributed by atoms with Gasteiger partial charge in [0, 0.05) is 0 Å². The molecule has 0 amide bonds. The van der Waals surface area contributed by atoms with Gasteiger partial charge in [-0.1, -0.05) is 26.0 Å². The second kappa shape index (κ2) is 3.20. The second-order valence-electron chi connectivity index (χ2n) is 7.10. The number of hydrogen-bond donors (Lipinski definition) is 1. The first-order valence-corrected chi connectivity index (χ1v) is 7.53. The fourth-order valence-electron chi connectivity index (χ4n) is 6.58. The topological polar surface area (TPSA) is 37.3 Å². The molecule has 4 bridgehead atoms. The van der Waals surface area contributed by atoms with Crippen molar-refractivity contribution in [2.75, 3.05) is 0 Å². The van der Waals surface area contributed by atoms with E-state index in [2.05, 4.69) is 26.0 Å². The van der Waals surface area contributed by atoms with Gasteiger partial charge in [-0.25, -0.2) is 0 Å². The Bertz CT molecular complexity index is 440. The van der Waals surface area contributed by atoms with Crippen molar-refractivity contribution in [3.05, 3.63) is 12.2 Å². The van der Waals surface area contributed by atoms with Crippen LogP contribution in [0, 0.1) is 46.8 Å². The molecule has 0 spiro atoms. The SMILES string of the molecule is CCC1(C(=O)O)C(C)C2CC1C1C3C=CC(C3)C21. The highest BCUT2D eigenvalue weighted by Gasteiger charge is 2.70. The third-order valence-corrected chi connectivity index (χ3v) is 7.17. The van der Waals surface area contributed by atoms with Gasteiger partial charge in [-0.05, 0) is 60.7 Å². The van der Waals surface area contributed by atoms with Gasteiger partial charge in [-0.15, -0.1) is 0 Å². The maximum Gasteiger partial charge on any atom is 0.310 e. The molecule has 18 heavy (non-hydrogen) atoms. The Balaban J connectivity index is 1.80. The molecule has 0 aromatic heterocycles. The normalized spacial score (nSPS) is 59.3. The number of hydrogen-bond acceptors (Lipinski definition) is 1. The molecule has 1 N–H and O–H groups in total. The summed E-state index contributed by atoms with van der Waals surface area (Å²) in [6.07, 6.45) is 8.13. The van der Waals surface area contributed by atoms with Crippen LogP contribution in [0.4, 0.5) is 0 Å². The lowest BCUT2D eigenvalue weighted by Crippen LogP contribution is -2.48. The highest BCUT2D eigenvalue weighted by Crippen LogP contribution is 2.73. The molecule has 4 aliphatic carbocycles. The fraction of sp³-hybridized carbons (Fsp3) is 0.812. The summed E-state index contributed by atoms with van der Waals surface area (Å²) in [4.78, 5) is 11.9. The Labute approximate surface area is 108 Å². The molecule has 8 unspecified atom stereocenters. The second-order valence-corrected chi connectivity index (χ2v) is 7.10. The molecule has 3 saturated carbocycles. The number of fused-ring (bicyclic) bond motifs is 9. The molecule has 3 fully saturated rings. The molecule has 0 aromatic carbocycles. The largest absolute Gasteiger partial charge is 0.481 e. The summed E-state index contributed by atoms with van der Waals surface area (Å²) in [5, 5.41) is 9.83. The van der Waals surface area contributed by atoms with Gasteiger partial charge in [0.25, 0.3) is 0 Å². The van der Waals surface area contributed by atoms with Crippen LogP contribution in [-0.4, -0.2) is 11.1 Å². The predicted molar refractivity (Wildman–Crippen MR) is 68.8 cm³/mol. The number of allylic oxidation sites excluding steroid dienone is 2. The predicted octanol–water partition coefficient (Wildman–Crippen LogP) is 3.19. The van der Waals surface area contributed by atoms with Gasteiger partial charge in [0.2, 0.25) is 0 Å².